The second kappa shape index (κ2) is 21.1. The Labute approximate surface area is 388 Å². The highest BCUT2D eigenvalue weighted by Gasteiger charge is 2.48. The zero-order chi connectivity index (χ0) is 47.1. The molecule has 2 fully saturated rings. The van der Waals surface area contributed by atoms with E-state index in [1.54, 1.807) is 42.5 Å². The minimum absolute atomic E-state index is 0.00720. The van der Waals surface area contributed by atoms with Gasteiger partial charge in [0.25, 0.3) is 25.8 Å². The Hall–Kier alpha value is -5.37. The number of sulfonamides is 1. The van der Waals surface area contributed by atoms with Crippen LogP contribution in [0, 0.1) is 5.92 Å². The smallest absolute Gasteiger partial charge is 0.490 e. The molecule has 2 N–H and O–H groups in total. The minimum atomic E-state index is -6.03. The molecular weight excluding hydrogens is 919 g/mol. The Morgan fingerprint density at radius 1 is 0.864 bits per heavy atom. The Morgan fingerprint density at radius 3 is 2.21 bits per heavy atom. The van der Waals surface area contributed by atoms with E-state index >= 15 is 0 Å². The quantitative estimate of drug-likeness (QED) is 0.0924. The molecular formula is C47H51ClF3N5O8S2. The molecule has 352 valence electrons. The van der Waals surface area contributed by atoms with Gasteiger partial charge in [0.1, 0.15) is 28.8 Å². The van der Waals surface area contributed by atoms with E-state index in [2.05, 4.69) is 27.2 Å². The lowest BCUT2D eigenvalue weighted by atomic mass is 9.98. The highest BCUT2D eigenvalue weighted by molar-refractivity contribution is 7.92. The predicted octanol–water partition coefficient (Wildman–Crippen LogP) is 8.31. The fraction of sp³-hybridized carbons (Fsp3) is 0.340. The molecule has 19 heteroatoms. The number of nitrogens with one attached hydrogen (secondary N) is 2. The van der Waals surface area contributed by atoms with Crippen molar-refractivity contribution in [1.82, 2.24) is 14.5 Å². The predicted molar refractivity (Wildman–Crippen MR) is 248 cm³/mol. The number of halogens is 4. The summed E-state index contributed by atoms with van der Waals surface area (Å²) in [5.74, 6) is -0.164. The topological polar surface area (TPSA) is 147 Å². The first-order valence-corrected chi connectivity index (χ1v) is 24.7. The molecule has 5 aromatic carbocycles. The van der Waals surface area contributed by atoms with Crippen LogP contribution in [0.1, 0.15) is 28.8 Å². The molecule has 2 aliphatic heterocycles. The van der Waals surface area contributed by atoms with Gasteiger partial charge in [0.2, 0.25) is 0 Å². The fourth-order valence-corrected chi connectivity index (χ4v) is 9.98. The van der Waals surface area contributed by atoms with Crippen LogP contribution in [0.5, 0.6) is 17.2 Å². The minimum Gasteiger partial charge on any atom is -0.490 e. The van der Waals surface area contributed by atoms with Gasteiger partial charge in [-0.3, -0.25) is 9.69 Å². The van der Waals surface area contributed by atoms with E-state index in [1.165, 1.54) is 6.07 Å². The average molecular weight is 971 g/mol. The number of rotatable bonds is 17. The maximum atomic E-state index is 13.9. The summed E-state index contributed by atoms with van der Waals surface area (Å²) >= 11 is 6.77. The summed E-state index contributed by atoms with van der Waals surface area (Å²) in [5, 5.41) is 3.28. The van der Waals surface area contributed by atoms with E-state index in [0.29, 0.717) is 100 Å². The van der Waals surface area contributed by atoms with Gasteiger partial charge >= 0.3 is 5.51 Å². The molecule has 0 bridgehead atoms. The van der Waals surface area contributed by atoms with Crippen LogP contribution in [0.3, 0.4) is 0 Å². The number of para-hydroxylation sites is 1. The number of hydrogen-bond acceptors (Lipinski definition) is 12. The summed E-state index contributed by atoms with van der Waals surface area (Å²) in [6.45, 7) is 5.19. The highest BCUT2D eigenvalue weighted by atomic mass is 35.5. The molecule has 0 aliphatic carbocycles. The van der Waals surface area contributed by atoms with Crippen LogP contribution in [0.25, 0.3) is 11.1 Å². The molecule has 7 rings (SSSR count). The van der Waals surface area contributed by atoms with Crippen LogP contribution in [-0.2, 0) is 31.1 Å². The van der Waals surface area contributed by atoms with Gasteiger partial charge in [0, 0.05) is 76.3 Å². The maximum absolute atomic E-state index is 13.9. The van der Waals surface area contributed by atoms with Crippen LogP contribution in [0.2, 0.25) is 5.02 Å². The van der Waals surface area contributed by atoms with Crippen LogP contribution < -0.4 is 24.4 Å². The van der Waals surface area contributed by atoms with Gasteiger partial charge in [-0.05, 0) is 92.5 Å². The molecule has 0 unspecified atom stereocenters. The van der Waals surface area contributed by atoms with Crippen LogP contribution in [-0.4, -0.2) is 111 Å². The van der Waals surface area contributed by atoms with E-state index in [0.717, 1.165) is 28.8 Å². The zero-order valence-electron chi connectivity index (χ0n) is 36.4. The Bertz CT molecular complexity index is 2700. The molecule has 13 nitrogen and oxygen atoms in total. The van der Waals surface area contributed by atoms with Crippen molar-refractivity contribution in [2.24, 2.45) is 5.92 Å². The first kappa shape index (κ1) is 48.6. The van der Waals surface area contributed by atoms with Crippen molar-refractivity contribution >= 4 is 48.7 Å². The lowest BCUT2D eigenvalue weighted by molar-refractivity contribution is -0.0435. The fourth-order valence-electron chi connectivity index (χ4n) is 7.72. The largest absolute Gasteiger partial charge is 0.501 e. The average Bonchev–Trinajstić information content (AvgIpc) is 3.29. The summed E-state index contributed by atoms with van der Waals surface area (Å²) in [6, 6.07) is 29.4. The van der Waals surface area contributed by atoms with Crippen LogP contribution in [0.15, 0.2) is 119 Å². The van der Waals surface area contributed by atoms with Gasteiger partial charge < -0.3 is 29.3 Å². The first-order chi connectivity index (χ1) is 31.5. The highest BCUT2D eigenvalue weighted by Crippen LogP contribution is 2.39. The number of ether oxygens (including phenoxy) is 3. The summed E-state index contributed by atoms with van der Waals surface area (Å²) in [6.07, 6.45) is 1.21. The number of piperazine rings is 1. The Balaban J connectivity index is 1.11. The number of sulfone groups is 1. The third-order valence-electron chi connectivity index (χ3n) is 11.4. The van der Waals surface area contributed by atoms with Gasteiger partial charge in [-0.1, -0.05) is 66.2 Å². The third kappa shape index (κ3) is 11.8. The van der Waals surface area contributed by atoms with Gasteiger partial charge in [-0.15, -0.1) is 0 Å². The van der Waals surface area contributed by atoms with Crippen LogP contribution >= 0.6 is 11.6 Å². The second-order valence-electron chi connectivity index (χ2n) is 16.3. The van der Waals surface area contributed by atoms with Crippen molar-refractivity contribution < 1.29 is 49.0 Å². The summed E-state index contributed by atoms with van der Waals surface area (Å²) in [5.41, 5.74) is -2.64. The molecule has 0 aromatic heterocycles. The summed E-state index contributed by atoms with van der Waals surface area (Å²) in [7, 11) is -7.02. The molecule has 66 heavy (non-hydrogen) atoms. The van der Waals surface area contributed by atoms with Gasteiger partial charge in [0.05, 0.1) is 21.2 Å². The number of hydrogen-bond donors (Lipinski definition) is 2. The van der Waals surface area contributed by atoms with Crippen molar-refractivity contribution in [2.45, 2.75) is 34.7 Å². The standard InChI is InChI=1S/C47H51ClF3N5O8S2/c1-54(2)25-28-63-45-40(38(16-17-41(45)48)34-9-5-3-6-10-34)32-55-21-23-56(24-22-55)35-13-15-39(43(29-35)64-36-11-7-4-8-12-36)46(57)53-66(60,61)37-14-18-42(52-31-33-19-26-62-27-20-33)44(30-37)65(58,59)47(49,50)51/h3-18,29-30,33,52H,19-28,31-32H2,1-2H3,(H,53,57). The first-order valence-electron chi connectivity index (χ1n) is 21.3. The van der Waals surface area contributed by atoms with Crippen LogP contribution in [0.4, 0.5) is 24.5 Å². The zero-order valence-corrected chi connectivity index (χ0v) is 38.8. The molecule has 2 aliphatic rings. The Morgan fingerprint density at radius 2 is 1.55 bits per heavy atom. The lowest BCUT2D eigenvalue weighted by Gasteiger charge is -2.37. The number of alkyl halides is 3. The molecule has 0 radical (unpaired) electrons. The normalized spacial score (nSPS) is 15.4. The van der Waals surface area contributed by atoms with E-state index in [9.17, 15) is 34.8 Å². The SMILES string of the molecule is CN(C)CCOc1c(Cl)ccc(-c2ccccc2)c1CN1CCN(c2ccc(C(=O)NS(=O)(=O)c3ccc(NCC4CCOCC4)c(S(=O)(=O)C(F)(F)F)c3)c(Oc3ccccc3)c2)CC1. The monoisotopic (exact) mass is 969 g/mol. The number of carbonyl (C=O) groups excluding carboxylic acids is 1. The van der Waals surface area contributed by atoms with Crippen molar-refractivity contribution in [1.29, 1.82) is 0 Å². The number of carbonyl (C=O) groups is 1. The van der Waals surface area contributed by atoms with Crippen molar-refractivity contribution in [3.05, 3.63) is 125 Å². The lowest BCUT2D eigenvalue weighted by Crippen LogP contribution is -2.46. The molecule has 2 heterocycles. The van der Waals surface area contributed by atoms with E-state index < -0.39 is 46.8 Å². The van der Waals surface area contributed by atoms with E-state index in [4.69, 9.17) is 25.8 Å². The molecule has 0 atom stereocenters. The number of benzene rings is 5. The van der Waals surface area contributed by atoms with E-state index in [1.807, 2.05) is 54.0 Å². The maximum Gasteiger partial charge on any atom is 0.501 e. The third-order valence-corrected chi connectivity index (χ3v) is 14.5. The van der Waals surface area contributed by atoms with Gasteiger partial charge in [0.15, 0.2) is 0 Å². The second-order valence-corrected chi connectivity index (χ2v) is 20.3. The number of likely N-dealkylation sites (N-methyl/N-ethyl adjacent to an activating group) is 1. The molecule has 2 saturated heterocycles. The van der Waals surface area contributed by atoms with Crippen molar-refractivity contribution in [3.8, 4) is 28.4 Å². The van der Waals surface area contributed by atoms with Crippen molar-refractivity contribution in [3.63, 3.8) is 0 Å². The molecule has 5 aromatic rings. The number of amides is 1. The van der Waals surface area contributed by atoms with Gasteiger partial charge in [-0.2, -0.15) is 13.2 Å². The summed E-state index contributed by atoms with van der Waals surface area (Å²) < 4.78 is 114. The summed E-state index contributed by atoms with van der Waals surface area (Å²) in [4.78, 5) is 18.2. The van der Waals surface area contributed by atoms with E-state index in [-0.39, 0.29) is 23.8 Å². The molecule has 1 amide bonds. The number of anilines is 2. The molecule has 0 spiro atoms. The number of nitrogens with zero attached hydrogens (tertiary/aromatic N) is 3. The molecule has 0 saturated carbocycles. The van der Waals surface area contributed by atoms with Gasteiger partial charge in [-0.25, -0.2) is 21.6 Å². The Kier molecular flexibility index (Phi) is 15.5. The van der Waals surface area contributed by atoms with Crippen molar-refractivity contribution in [2.75, 3.05) is 83.4 Å².